The monoisotopic (exact) mass is 394 g/mol. The number of ether oxygens (including phenoxy) is 1. The number of nitrogens with one attached hydrogen (secondary N) is 1. The highest BCUT2D eigenvalue weighted by Gasteiger charge is 2.29. The molecule has 1 N–H and O–H groups in total. The second-order valence-electron chi connectivity index (χ2n) is 6.03. The molecule has 6 heteroatoms. The van der Waals surface area contributed by atoms with Crippen LogP contribution in [0.15, 0.2) is 82.0 Å². The number of amides is 1. The number of thioether (sulfide) groups is 1. The van der Waals surface area contributed by atoms with E-state index in [-0.39, 0.29) is 17.9 Å². The van der Waals surface area contributed by atoms with Crippen molar-refractivity contribution in [1.82, 2.24) is 5.32 Å². The van der Waals surface area contributed by atoms with Crippen LogP contribution in [0.1, 0.15) is 15.7 Å². The van der Waals surface area contributed by atoms with E-state index in [1.54, 1.807) is 23.1 Å². The van der Waals surface area contributed by atoms with Crippen molar-refractivity contribution in [3.8, 4) is 0 Å². The molecule has 4 rings (SSSR count). The summed E-state index contributed by atoms with van der Waals surface area (Å²) < 4.78 is 5.40. The normalized spacial score (nSPS) is 18.4. The number of carbonyl (C=O) groups is 1. The van der Waals surface area contributed by atoms with Crippen LogP contribution < -0.4 is 5.32 Å². The number of aliphatic imine (C=N–C) groups is 1. The molecule has 0 spiro atoms. The Labute approximate surface area is 166 Å². The lowest BCUT2D eigenvalue weighted by Crippen LogP contribution is -2.39. The lowest BCUT2D eigenvalue weighted by atomic mass is 10.2. The molecule has 4 nitrogen and oxygen atoms in total. The molecule has 3 aromatic rings. The first-order valence-corrected chi connectivity index (χ1v) is 10.4. The molecule has 0 aliphatic carbocycles. The summed E-state index contributed by atoms with van der Waals surface area (Å²) in [5.74, 6) is 0. The number of carbonyl (C=O) groups excluding carboxylic acids is 1. The van der Waals surface area contributed by atoms with Gasteiger partial charge < -0.3 is 10.1 Å². The Kier molecular flexibility index (Phi) is 5.55. The number of benzene rings is 2. The zero-order chi connectivity index (χ0) is 18.5. The number of hydrogen-bond acceptors (Lipinski definition) is 5. The lowest BCUT2D eigenvalue weighted by Gasteiger charge is -2.22. The van der Waals surface area contributed by atoms with E-state index < -0.39 is 6.09 Å². The predicted octanol–water partition coefficient (Wildman–Crippen LogP) is 5.59. The van der Waals surface area contributed by atoms with Gasteiger partial charge >= 0.3 is 6.09 Å². The minimum Gasteiger partial charge on any atom is -0.445 e. The van der Waals surface area contributed by atoms with E-state index in [1.807, 2.05) is 60.8 Å². The van der Waals surface area contributed by atoms with E-state index in [1.165, 1.54) is 4.88 Å². The van der Waals surface area contributed by atoms with E-state index in [2.05, 4.69) is 27.8 Å². The van der Waals surface area contributed by atoms with Gasteiger partial charge in [-0.1, -0.05) is 48.5 Å². The number of hydrogen-bond donors (Lipinski definition) is 1. The molecule has 1 aliphatic rings. The van der Waals surface area contributed by atoms with Crippen LogP contribution in [-0.4, -0.2) is 18.3 Å². The molecule has 1 aromatic heterocycles. The summed E-state index contributed by atoms with van der Waals surface area (Å²) in [4.78, 5) is 19.3. The van der Waals surface area contributed by atoms with Crippen molar-refractivity contribution in [3.63, 3.8) is 0 Å². The second-order valence-corrected chi connectivity index (χ2v) is 8.19. The van der Waals surface area contributed by atoms with Gasteiger partial charge in [-0.15, -0.1) is 23.1 Å². The van der Waals surface area contributed by atoms with Gasteiger partial charge in [0.15, 0.2) is 0 Å². The first-order chi connectivity index (χ1) is 13.3. The minimum atomic E-state index is -0.441. The van der Waals surface area contributed by atoms with Crippen molar-refractivity contribution < 1.29 is 9.53 Å². The van der Waals surface area contributed by atoms with Gasteiger partial charge in [0.05, 0.1) is 17.0 Å². The molecule has 2 heterocycles. The topological polar surface area (TPSA) is 50.7 Å². The maximum Gasteiger partial charge on any atom is 0.408 e. The van der Waals surface area contributed by atoms with Crippen molar-refractivity contribution in [2.45, 2.75) is 22.8 Å². The highest BCUT2D eigenvalue weighted by Crippen LogP contribution is 2.44. The molecule has 1 aliphatic heterocycles. The standard InChI is InChI=1S/C21H18N2O2S2/c24-21(25-14-15-7-2-1-3-8-15)23-17-13-22-16-9-4-5-10-18(16)27-20(17)19-11-6-12-26-19/h1-13,17,20H,14H2,(H,23,24)/t17-,20-/m0/s1. The Bertz CT molecular complexity index is 926. The molecular weight excluding hydrogens is 376 g/mol. The summed E-state index contributed by atoms with van der Waals surface area (Å²) in [5.41, 5.74) is 1.88. The van der Waals surface area contributed by atoms with Crippen molar-refractivity contribution in [3.05, 3.63) is 82.6 Å². The molecule has 27 heavy (non-hydrogen) atoms. The SMILES string of the molecule is O=C(N[C@H]1C=Nc2ccccc2S[C@@H]1c1cccs1)OCc1ccccc1. The van der Waals surface area contributed by atoms with Crippen molar-refractivity contribution in [1.29, 1.82) is 0 Å². The Hall–Kier alpha value is -2.57. The van der Waals surface area contributed by atoms with Gasteiger partial charge in [-0.3, -0.25) is 4.99 Å². The van der Waals surface area contributed by atoms with Crippen LogP contribution in [0.25, 0.3) is 0 Å². The molecule has 2 atom stereocenters. The van der Waals surface area contributed by atoms with Gasteiger partial charge in [0.25, 0.3) is 0 Å². The molecule has 0 bridgehead atoms. The van der Waals surface area contributed by atoms with Gasteiger partial charge in [-0.05, 0) is 29.1 Å². The molecule has 0 radical (unpaired) electrons. The fourth-order valence-electron chi connectivity index (χ4n) is 2.81. The van der Waals surface area contributed by atoms with Crippen LogP contribution in [0.4, 0.5) is 10.5 Å². The van der Waals surface area contributed by atoms with E-state index in [0.29, 0.717) is 0 Å². The Balaban J connectivity index is 1.50. The van der Waals surface area contributed by atoms with E-state index in [0.717, 1.165) is 16.1 Å². The average molecular weight is 395 g/mol. The number of fused-ring (bicyclic) bond motifs is 1. The maximum absolute atomic E-state index is 12.4. The van der Waals surface area contributed by atoms with Crippen LogP contribution in [0.2, 0.25) is 0 Å². The second kappa shape index (κ2) is 8.41. The number of nitrogens with zero attached hydrogens (tertiary/aromatic N) is 1. The highest BCUT2D eigenvalue weighted by molar-refractivity contribution is 8.00. The molecule has 2 aromatic carbocycles. The summed E-state index contributed by atoms with van der Waals surface area (Å²) in [6, 6.07) is 21.5. The Morgan fingerprint density at radius 2 is 1.85 bits per heavy atom. The highest BCUT2D eigenvalue weighted by atomic mass is 32.2. The zero-order valence-electron chi connectivity index (χ0n) is 14.4. The first kappa shape index (κ1) is 17.8. The maximum atomic E-state index is 12.4. The fourth-order valence-corrected chi connectivity index (χ4v) is 5.03. The van der Waals surface area contributed by atoms with Crippen LogP contribution >= 0.6 is 23.1 Å². The fraction of sp³-hybridized carbons (Fsp3) is 0.143. The molecule has 1 amide bonds. The zero-order valence-corrected chi connectivity index (χ0v) is 16.1. The molecule has 136 valence electrons. The quantitative estimate of drug-likeness (QED) is 0.627. The summed E-state index contributed by atoms with van der Waals surface area (Å²) in [7, 11) is 0. The lowest BCUT2D eigenvalue weighted by molar-refractivity contribution is 0.138. The molecule has 0 saturated heterocycles. The predicted molar refractivity (Wildman–Crippen MR) is 111 cm³/mol. The number of para-hydroxylation sites is 1. The summed E-state index contributed by atoms with van der Waals surface area (Å²) >= 11 is 3.40. The molecule has 0 saturated carbocycles. The molecular formula is C21H18N2O2S2. The van der Waals surface area contributed by atoms with E-state index in [9.17, 15) is 4.79 Å². The summed E-state index contributed by atoms with van der Waals surface area (Å²) in [6.45, 7) is 0.244. The third-order valence-electron chi connectivity index (χ3n) is 4.14. The van der Waals surface area contributed by atoms with E-state index >= 15 is 0 Å². The average Bonchev–Trinajstić information content (AvgIpc) is 3.18. The minimum absolute atomic E-state index is 0.0432. The third-order valence-corrected chi connectivity index (χ3v) is 6.65. The van der Waals surface area contributed by atoms with Crippen molar-refractivity contribution in [2.75, 3.05) is 0 Å². The van der Waals surface area contributed by atoms with Crippen LogP contribution in [0, 0.1) is 0 Å². The smallest absolute Gasteiger partial charge is 0.408 e. The summed E-state index contributed by atoms with van der Waals surface area (Å²) in [5, 5.41) is 5.07. The van der Waals surface area contributed by atoms with E-state index in [4.69, 9.17) is 4.74 Å². The largest absolute Gasteiger partial charge is 0.445 e. The van der Waals surface area contributed by atoms with Gasteiger partial charge in [0, 0.05) is 16.0 Å². The van der Waals surface area contributed by atoms with Gasteiger partial charge in [-0.2, -0.15) is 0 Å². The van der Waals surface area contributed by atoms with Gasteiger partial charge in [-0.25, -0.2) is 4.79 Å². The number of alkyl carbamates (subject to hydrolysis) is 1. The van der Waals surface area contributed by atoms with Gasteiger partial charge in [0.1, 0.15) is 6.61 Å². The van der Waals surface area contributed by atoms with Crippen molar-refractivity contribution in [2.24, 2.45) is 4.99 Å². The first-order valence-electron chi connectivity index (χ1n) is 8.60. The van der Waals surface area contributed by atoms with Crippen LogP contribution in [0.3, 0.4) is 0 Å². The van der Waals surface area contributed by atoms with Crippen LogP contribution in [-0.2, 0) is 11.3 Å². The number of rotatable bonds is 4. The third kappa shape index (κ3) is 4.40. The van der Waals surface area contributed by atoms with Crippen molar-refractivity contribution >= 4 is 41.1 Å². The van der Waals surface area contributed by atoms with Gasteiger partial charge in [0.2, 0.25) is 0 Å². The molecule has 0 unspecified atom stereocenters. The molecule has 0 fully saturated rings. The Morgan fingerprint density at radius 3 is 2.67 bits per heavy atom. The summed E-state index contributed by atoms with van der Waals surface area (Å²) in [6.07, 6.45) is 1.37. The van der Waals surface area contributed by atoms with Crippen LogP contribution in [0.5, 0.6) is 0 Å². The Morgan fingerprint density at radius 1 is 1.04 bits per heavy atom. The number of thiophene rings is 1.